The molecule has 10 heavy (non-hydrogen) atoms. The minimum absolute atomic E-state index is 0.0526. The van der Waals surface area contributed by atoms with Gasteiger partial charge in [0.2, 0.25) is 5.91 Å². The van der Waals surface area contributed by atoms with E-state index in [2.05, 4.69) is 5.32 Å². The SMILES string of the molecule is CCCC(=O)NC(C)OC. The van der Waals surface area contributed by atoms with Crippen molar-refractivity contribution in [1.82, 2.24) is 5.32 Å². The summed E-state index contributed by atoms with van der Waals surface area (Å²) in [5, 5.41) is 2.67. The van der Waals surface area contributed by atoms with E-state index in [4.69, 9.17) is 4.74 Å². The van der Waals surface area contributed by atoms with E-state index in [1.54, 1.807) is 14.0 Å². The van der Waals surface area contributed by atoms with Crippen LogP contribution in [0.25, 0.3) is 0 Å². The molecular weight excluding hydrogens is 130 g/mol. The zero-order valence-electron chi connectivity index (χ0n) is 6.81. The van der Waals surface area contributed by atoms with E-state index in [0.29, 0.717) is 6.42 Å². The van der Waals surface area contributed by atoms with E-state index in [9.17, 15) is 4.79 Å². The summed E-state index contributed by atoms with van der Waals surface area (Å²) >= 11 is 0. The van der Waals surface area contributed by atoms with Crippen molar-refractivity contribution in [3.8, 4) is 0 Å². The number of rotatable bonds is 4. The van der Waals surface area contributed by atoms with Crippen LogP contribution in [-0.4, -0.2) is 19.2 Å². The summed E-state index contributed by atoms with van der Waals surface area (Å²) in [6.07, 6.45) is 1.29. The second-order valence-electron chi connectivity index (χ2n) is 2.20. The van der Waals surface area contributed by atoms with Gasteiger partial charge in [-0.25, -0.2) is 0 Å². The van der Waals surface area contributed by atoms with Crippen molar-refractivity contribution < 1.29 is 9.53 Å². The minimum Gasteiger partial charge on any atom is -0.362 e. The summed E-state index contributed by atoms with van der Waals surface area (Å²) in [4.78, 5) is 10.8. The topological polar surface area (TPSA) is 38.3 Å². The largest absolute Gasteiger partial charge is 0.362 e. The number of amides is 1. The van der Waals surface area contributed by atoms with Crippen molar-refractivity contribution in [3.05, 3.63) is 0 Å². The van der Waals surface area contributed by atoms with E-state index in [-0.39, 0.29) is 12.1 Å². The smallest absolute Gasteiger partial charge is 0.221 e. The fourth-order valence-corrected chi connectivity index (χ4v) is 0.585. The third-order valence-corrected chi connectivity index (χ3v) is 1.19. The molecule has 1 amide bonds. The predicted molar refractivity (Wildman–Crippen MR) is 39.5 cm³/mol. The average molecular weight is 145 g/mol. The monoisotopic (exact) mass is 145 g/mol. The Kier molecular flexibility index (Phi) is 4.94. The van der Waals surface area contributed by atoms with Crippen molar-refractivity contribution in [2.45, 2.75) is 32.9 Å². The summed E-state index contributed by atoms with van der Waals surface area (Å²) in [7, 11) is 1.57. The van der Waals surface area contributed by atoms with E-state index in [1.807, 2.05) is 6.92 Å². The number of nitrogens with one attached hydrogen (secondary N) is 1. The van der Waals surface area contributed by atoms with Crippen LogP contribution in [0, 0.1) is 0 Å². The lowest BCUT2D eigenvalue weighted by Gasteiger charge is -2.10. The third-order valence-electron chi connectivity index (χ3n) is 1.19. The molecule has 0 saturated heterocycles. The molecule has 3 heteroatoms. The number of carbonyl (C=O) groups is 1. The molecule has 3 nitrogen and oxygen atoms in total. The van der Waals surface area contributed by atoms with Crippen molar-refractivity contribution in [2.75, 3.05) is 7.11 Å². The standard InChI is InChI=1S/C7H15NO2/c1-4-5-7(9)8-6(2)10-3/h6H,4-5H2,1-3H3,(H,8,9). The average Bonchev–Trinajstić information content (AvgIpc) is 1.88. The van der Waals surface area contributed by atoms with Gasteiger partial charge in [0.15, 0.2) is 0 Å². The first-order valence-corrected chi connectivity index (χ1v) is 3.52. The Labute approximate surface area is 61.8 Å². The molecule has 0 rings (SSSR count). The Bertz CT molecular complexity index is 104. The van der Waals surface area contributed by atoms with Crippen LogP contribution in [0.1, 0.15) is 26.7 Å². The summed E-state index contributed by atoms with van der Waals surface area (Å²) in [6.45, 7) is 3.77. The maximum Gasteiger partial charge on any atom is 0.221 e. The van der Waals surface area contributed by atoms with Gasteiger partial charge in [-0.15, -0.1) is 0 Å². The molecule has 0 bridgehead atoms. The highest BCUT2D eigenvalue weighted by atomic mass is 16.5. The molecule has 0 aliphatic rings. The number of hydrogen-bond acceptors (Lipinski definition) is 2. The predicted octanol–water partition coefficient (Wildman–Crippen LogP) is 0.895. The summed E-state index contributed by atoms with van der Waals surface area (Å²) in [5.41, 5.74) is 0. The first kappa shape index (κ1) is 9.43. The molecule has 0 heterocycles. The van der Waals surface area contributed by atoms with Gasteiger partial charge >= 0.3 is 0 Å². The molecule has 0 aromatic rings. The third kappa shape index (κ3) is 4.32. The first-order chi connectivity index (χ1) is 4.70. The second-order valence-corrected chi connectivity index (χ2v) is 2.20. The van der Waals surface area contributed by atoms with Crippen LogP contribution in [-0.2, 0) is 9.53 Å². The molecule has 1 unspecified atom stereocenters. The zero-order chi connectivity index (χ0) is 7.98. The molecule has 0 fully saturated rings. The van der Waals surface area contributed by atoms with Gasteiger partial charge in [-0.3, -0.25) is 4.79 Å². The van der Waals surface area contributed by atoms with Crippen molar-refractivity contribution in [3.63, 3.8) is 0 Å². The lowest BCUT2D eigenvalue weighted by molar-refractivity contribution is -0.124. The van der Waals surface area contributed by atoms with Crippen LogP contribution < -0.4 is 5.32 Å². The molecule has 1 N–H and O–H groups in total. The number of methoxy groups -OCH3 is 1. The Hall–Kier alpha value is -0.570. The molecule has 0 aliphatic heterocycles. The van der Waals surface area contributed by atoms with Crippen molar-refractivity contribution >= 4 is 5.91 Å². The van der Waals surface area contributed by atoms with Gasteiger partial charge in [-0.1, -0.05) is 6.92 Å². The molecule has 0 saturated carbocycles. The maximum absolute atomic E-state index is 10.8. The normalized spacial score (nSPS) is 12.7. The highest BCUT2D eigenvalue weighted by molar-refractivity contribution is 5.75. The van der Waals surface area contributed by atoms with Gasteiger partial charge in [-0.2, -0.15) is 0 Å². The van der Waals surface area contributed by atoms with Gasteiger partial charge in [0.1, 0.15) is 6.23 Å². The Morgan fingerprint density at radius 3 is 2.70 bits per heavy atom. The maximum atomic E-state index is 10.8. The van der Waals surface area contributed by atoms with Gasteiger partial charge in [-0.05, 0) is 13.3 Å². The van der Waals surface area contributed by atoms with Crippen LogP contribution >= 0.6 is 0 Å². The fourth-order valence-electron chi connectivity index (χ4n) is 0.585. The van der Waals surface area contributed by atoms with Crippen LogP contribution in [0.2, 0.25) is 0 Å². The Balaban J connectivity index is 3.37. The van der Waals surface area contributed by atoms with Gasteiger partial charge in [0, 0.05) is 13.5 Å². The van der Waals surface area contributed by atoms with Crippen molar-refractivity contribution in [1.29, 1.82) is 0 Å². The molecule has 0 aromatic heterocycles. The highest BCUT2D eigenvalue weighted by Crippen LogP contribution is 1.88. The summed E-state index contributed by atoms with van der Waals surface area (Å²) in [5.74, 6) is 0.0526. The van der Waals surface area contributed by atoms with E-state index in [1.165, 1.54) is 0 Å². The van der Waals surface area contributed by atoms with E-state index >= 15 is 0 Å². The molecular formula is C7H15NO2. The zero-order valence-corrected chi connectivity index (χ0v) is 6.81. The van der Waals surface area contributed by atoms with E-state index < -0.39 is 0 Å². The molecule has 0 aromatic carbocycles. The molecule has 1 atom stereocenters. The lowest BCUT2D eigenvalue weighted by atomic mass is 10.3. The van der Waals surface area contributed by atoms with Gasteiger partial charge in [0.25, 0.3) is 0 Å². The lowest BCUT2D eigenvalue weighted by Crippen LogP contribution is -2.33. The summed E-state index contributed by atoms with van der Waals surface area (Å²) < 4.78 is 4.84. The molecule has 0 spiro atoms. The van der Waals surface area contributed by atoms with Crippen LogP contribution in [0.3, 0.4) is 0 Å². The summed E-state index contributed by atoms with van der Waals surface area (Å²) in [6, 6.07) is 0. The molecule has 60 valence electrons. The quantitative estimate of drug-likeness (QED) is 0.597. The number of ether oxygens (including phenoxy) is 1. The molecule has 0 radical (unpaired) electrons. The highest BCUT2D eigenvalue weighted by Gasteiger charge is 2.02. The molecule has 0 aliphatic carbocycles. The number of carbonyl (C=O) groups excluding carboxylic acids is 1. The minimum atomic E-state index is -0.168. The Morgan fingerprint density at radius 2 is 2.30 bits per heavy atom. The van der Waals surface area contributed by atoms with Gasteiger partial charge in [0.05, 0.1) is 0 Å². The second kappa shape index (κ2) is 5.23. The Morgan fingerprint density at radius 1 is 1.70 bits per heavy atom. The van der Waals surface area contributed by atoms with Crippen LogP contribution in [0.15, 0.2) is 0 Å². The first-order valence-electron chi connectivity index (χ1n) is 3.52. The van der Waals surface area contributed by atoms with Crippen LogP contribution in [0.5, 0.6) is 0 Å². The fraction of sp³-hybridized carbons (Fsp3) is 0.857. The number of hydrogen-bond donors (Lipinski definition) is 1. The van der Waals surface area contributed by atoms with Crippen LogP contribution in [0.4, 0.5) is 0 Å². The van der Waals surface area contributed by atoms with E-state index in [0.717, 1.165) is 6.42 Å². The van der Waals surface area contributed by atoms with Gasteiger partial charge < -0.3 is 10.1 Å². The van der Waals surface area contributed by atoms with Crippen molar-refractivity contribution in [2.24, 2.45) is 0 Å².